The van der Waals surface area contributed by atoms with Crippen LogP contribution in [0, 0.1) is 0 Å². The number of hydrogen-bond acceptors (Lipinski definition) is 2. The van der Waals surface area contributed by atoms with Gasteiger partial charge in [-0.2, -0.15) is 0 Å². The van der Waals surface area contributed by atoms with Gasteiger partial charge in [0.15, 0.2) is 0 Å². The lowest BCUT2D eigenvalue weighted by Crippen LogP contribution is -3.00. The second-order valence-electron chi connectivity index (χ2n) is 4.34. The quantitative estimate of drug-likeness (QED) is 0.849. The first kappa shape index (κ1) is 17.8. The molecule has 0 saturated carbocycles. The van der Waals surface area contributed by atoms with Crippen LogP contribution in [0.4, 0.5) is 0 Å². The van der Waals surface area contributed by atoms with Crippen LogP contribution in [0.15, 0.2) is 42.5 Å². The molecule has 0 spiro atoms. The van der Waals surface area contributed by atoms with Crippen LogP contribution >= 0.6 is 23.2 Å². The van der Waals surface area contributed by atoms with Crippen LogP contribution in [0.2, 0.25) is 10.0 Å². The maximum absolute atomic E-state index is 10.7. The van der Waals surface area contributed by atoms with Crippen molar-refractivity contribution in [1.82, 2.24) is 5.32 Å². The van der Waals surface area contributed by atoms with Gasteiger partial charge in [-0.25, -0.2) is 4.79 Å². The Bertz CT molecular complexity index is 615. The van der Waals surface area contributed by atoms with Crippen LogP contribution in [-0.4, -0.2) is 11.1 Å². The summed E-state index contributed by atoms with van der Waals surface area (Å²) in [6.07, 6.45) is 0. The fraction of sp³-hybridized carbons (Fsp3) is 0.133. The molecule has 0 atom stereocenters. The number of rotatable bonds is 5. The van der Waals surface area contributed by atoms with E-state index in [9.17, 15) is 4.79 Å². The number of aromatic carboxylic acids is 1. The van der Waals surface area contributed by atoms with Crippen LogP contribution < -0.4 is 17.7 Å². The zero-order chi connectivity index (χ0) is 14.5. The van der Waals surface area contributed by atoms with Crippen molar-refractivity contribution in [3.63, 3.8) is 0 Å². The molecule has 2 aromatic carbocycles. The molecule has 6 heteroatoms. The lowest BCUT2D eigenvalue weighted by atomic mass is 10.1. The molecule has 112 valence electrons. The number of halogens is 3. The van der Waals surface area contributed by atoms with Crippen molar-refractivity contribution in [2.75, 3.05) is 0 Å². The molecule has 0 heterocycles. The molecule has 0 fully saturated rings. The summed E-state index contributed by atoms with van der Waals surface area (Å²) in [6.45, 7) is 1.26. The average Bonchev–Trinajstić information content (AvgIpc) is 2.42. The Morgan fingerprint density at radius 1 is 1.05 bits per heavy atom. The summed E-state index contributed by atoms with van der Waals surface area (Å²) in [5.41, 5.74) is 2.27. The molecule has 2 N–H and O–H groups in total. The molecule has 0 bridgehead atoms. The highest BCUT2D eigenvalue weighted by Gasteiger charge is 2.03. The maximum Gasteiger partial charge on any atom is 0.335 e. The Morgan fingerprint density at radius 2 is 1.71 bits per heavy atom. The molecule has 0 aliphatic heterocycles. The molecule has 0 aliphatic carbocycles. The van der Waals surface area contributed by atoms with Gasteiger partial charge in [0.2, 0.25) is 0 Å². The molecule has 0 radical (unpaired) electrons. The van der Waals surface area contributed by atoms with Gasteiger partial charge in [-0.05, 0) is 35.4 Å². The van der Waals surface area contributed by atoms with E-state index in [0.29, 0.717) is 23.1 Å². The van der Waals surface area contributed by atoms with E-state index in [-0.39, 0.29) is 18.0 Å². The summed E-state index contributed by atoms with van der Waals surface area (Å²) in [7, 11) is 0. The molecule has 2 rings (SSSR count). The molecule has 0 aliphatic rings. The molecule has 0 amide bonds. The first-order valence-corrected chi connectivity index (χ1v) is 6.79. The summed E-state index contributed by atoms with van der Waals surface area (Å²) in [5, 5.41) is 13.3. The van der Waals surface area contributed by atoms with Crippen LogP contribution in [0.25, 0.3) is 0 Å². The van der Waals surface area contributed by atoms with E-state index < -0.39 is 5.97 Å². The van der Waals surface area contributed by atoms with E-state index in [1.54, 1.807) is 36.4 Å². The third kappa shape index (κ3) is 5.21. The molecule has 0 saturated heterocycles. The van der Waals surface area contributed by atoms with Crippen molar-refractivity contribution in [2.45, 2.75) is 13.1 Å². The van der Waals surface area contributed by atoms with Crippen LogP contribution in [0.3, 0.4) is 0 Å². The van der Waals surface area contributed by atoms with Crippen molar-refractivity contribution in [2.24, 2.45) is 0 Å². The monoisotopic (exact) mass is 344 g/mol. The highest BCUT2D eigenvalue weighted by Crippen LogP contribution is 2.20. The van der Waals surface area contributed by atoms with E-state index in [1.165, 1.54) is 0 Å². The topological polar surface area (TPSA) is 49.3 Å². The zero-order valence-corrected chi connectivity index (χ0v) is 13.2. The Labute approximate surface area is 139 Å². The zero-order valence-electron chi connectivity index (χ0n) is 10.9. The number of carboxylic acids is 1. The van der Waals surface area contributed by atoms with Gasteiger partial charge in [0.05, 0.1) is 5.56 Å². The maximum atomic E-state index is 10.7. The third-order valence-corrected chi connectivity index (χ3v) is 3.45. The molecule has 21 heavy (non-hydrogen) atoms. The second kappa shape index (κ2) is 8.25. The van der Waals surface area contributed by atoms with E-state index in [4.69, 9.17) is 28.3 Å². The first-order chi connectivity index (χ1) is 9.56. The standard InChI is InChI=1S/C15H13Cl2NO2.ClH/c16-13-6-5-12(14(17)7-13)9-18-8-10-1-3-11(4-2-10)15(19)20;/h1-7,18H,8-9H2,(H,19,20);1H/p-1. The van der Waals surface area contributed by atoms with Gasteiger partial charge in [-0.15, -0.1) is 0 Å². The molecule has 0 unspecified atom stereocenters. The number of carbonyl (C=O) groups is 1. The molecule has 0 aromatic heterocycles. The van der Waals surface area contributed by atoms with Crippen molar-refractivity contribution in [1.29, 1.82) is 0 Å². The Morgan fingerprint density at radius 3 is 2.29 bits per heavy atom. The lowest BCUT2D eigenvalue weighted by molar-refractivity contribution is -0.0000194. The number of hydrogen-bond donors (Lipinski definition) is 2. The van der Waals surface area contributed by atoms with Crippen molar-refractivity contribution in [3.8, 4) is 0 Å². The normalized spacial score (nSPS) is 10.0. The fourth-order valence-corrected chi connectivity index (χ4v) is 2.25. The Kier molecular flexibility index (Phi) is 6.99. The fourth-order valence-electron chi connectivity index (χ4n) is 1.77. The number of nitrogens with one attached hydrogen (secondary N) is 1. The van der Waals surface area contributed by atoms with E-state index >= 15 is 0 Å². The van der Waals surface area contributed by atoms with Gasteiger partial charge >= 0.3 is 5.97 Å². The van der Waals surface area contributed by atoms with Crippen molar-refractivity contribution < 1.29 is 22.3 Å². The smallest absolute Gasteiger partial charge is 0.335 e. The lowest BCUT2D eigenvalue weighted by Gasteiger charge is -2.07. The number of carboxylic acid groups (broad SMARTS) is 1. The largest absolute Gasteiger partial charge is 1.00 e. The van der Waals surface area contributed by atoms with Crippen molar-refractivity contribution in [3.05, 3.63) is 69.2 Å². The average molecular weight is 346 g/mol. The SMILES string of the molecule is O=C(O)c1ccc(CNCc2ccc(Cl)cc2Cl)cc1.[Cl-]. The highest BCUT2D eigenvalue weighted by molar-refractivity contribution is 6.35. The molecule has 3 nitrogen and oxygen atoms in total. The van der Waals surface area contributed by atoms with E-state index in [2.05, 4.69) is 5.32 Å². The Balaban J connectivity index is 0.00000220. The minimum atomic E-state index is -0.919. The summed E-state index contributed by atoms with van der Waals surface area (Å²) in [4.78, 5) is 10.7. The van der Waals surface area contributed by atoms with E-state index in [0.717, 1.165) is 11.1 Å². The summed E-state index contributed by atoms with van der Waals surface area (Å²) < 4.78 is 0. The first-order valence-electron chi connectivity index (χ1n) is 6.03. The second-order valence-corrected chi connectivity index (χ2v) is 5.18. The van der Waals surface area contributed by atoms with E-state index in [1.807, 2.05) is 6.07 Å². The molecule has 2 aromatic rings. The predicted octanol–water partition coefficient (Wildman–Crippen LogP) is 0.985. The summed E-state index contributed by atoms with van der Waals surface area (Å²) >= 11 is 11.9. The summed E-state index contributed by atoms with van der Waals surface area (Å²) in [6, 6.07) is 12.2. The van der Waals surface area contributed by atoms with Gasteiger partial charge in [-0.3, -0.25) is 0 Å². The third-order valence-electron chi connectivity index (χ3n) is 2.86. The van der Waals surface area contributed by atoms with Gasteiger partial charge in [0, 0.05) is 23.1 Å². The molecular weight excluding hydrogens is 333 g/mol. The minimum absolute atomic E-state index is 0. The Hall–Kier alpha value is -1.26. The van der Waals surface area contributed by atoms with Gasteiger partial charge in [-0.1, -0.05) is 41.4 Å². The minimum Gasteiger partial charge on any atom is -1.00 e. The van der Waals surface area contributed by atoms with Gasteiger partial charge in [0.25, 0.3) is 0 Å². The van der Waals surface area contributed by atoms with Gasteiger partial charge in [0.1, 0.15) is 0 Å². The van der Waals surface area contributed by atoms with Crippen molar-refractivity contribution >= 4 is 29.2 Å². The number of benzene rings is 2. The molecular formula is C15H13Cl3NO2-. The van der Waals surface area contributed by atoms with Crippen LogP contribution in [0.5, 0.6) is 0 Å². The van der Waals surface area contributed by atoms with Crippen LogP contribution in [0.1, 0.15) is 21.5 Å². The summed E-state index contributed by atoms with van der Waals surface area (Å²) in [5.74, 6) is -0.919. The highest BCUT2D eigenvalue weighted by atomic mass is 35.5. The van der Waals surface area contributed by atoms with Gasteiger partial charge < -0.3 is 22.8 Å². The predicted molar refractivity (Wildman–Crippen MR) is 80.4 cm³/mol. The van der Waals surface area contributed by atoms with Crippen LogP contribution in [-0.2, 0) is 13.1 Å².